The summed E-state index contributed by atoms with van der Waals surface area (Å²) in [6.07, 6.45) is 0. The van der Waals surface area contributed by atoms with Crippen LogP contribution in [0.15, 0.2) is 60.7 Å². The fraction of sp³-hybridized carbons (Fsp3) is 0.190. The summed E-state index contributed by atoms with van der Waals surface area (Å²) in [5.74, 6) is 0.412. The van der Waals surface area contributed by atoms with Crippen LogP contribution in [0.3, 0.4) is 0 Å². The van der Waals surface area contributed by atoms with Crippen molar-refractivity contribution in [3.63, 3.8) is 0 Å². The van der Waals surface area contributed by atoms with Crippen molar-refractivity contribution in [2.75, 3.05) is 5.32 Å². The van der Waals surface area contributed by atoms with Crippen LogP contribution in [-0.2, 0) is 13.1 Å². The summed E-state index contributed by atoms with van der Waals surface area (Å²) in [6.45, 7) is 5.24. The Morgan fingerprint density at radius 3 is 2.00 bits per heavy atom. The Hall–Kier alpha value is -3.21. The minimum Gasteiger partial charge on any atom is -0.364 e. The number of nitrogens with zero attached hydrogens (tertiary/aromatic N) is 2. The van der Waals surface area contributed by atoms with Gasteiger partial charge in [0.25, 0.3) is 5.91 Å². The van der Waals surface area contributed by atoms with Crippen molar-refractivity contribution in [1.82, 2.24) is 15.5 Å². The molecule has 1 amide bonds. The number of aryl methyl sites for hydroxylation is 2. The Bertz CT molecular complexity index is 891. The number of rotatable bonds is 6. The van der Waals surface area contributed by atoms with Gasteiger partial charge in [0, 0.05) is 13.1 Å². The van der Waals surface area contributed by atoms with E-state index in [1.165, 1.54) is 11.1 Å². The van der Waals surface area contributed by atoms with Crippen LogP contribution < -0.4 is 10.6 Å². The van der Waals surface area contributed by atoms with Gasteiger partial charge in [0.2, 0.25) is 0 Å². The number of aromatic nitrogens is 2. The van der Waals surface area contributed by atoms with Crippen molar-refractivity contribution in [2.45, 2.75) is 26.9 Å². The molecule has 0 radical (unpaired) electrons. The van der Waals surface area contributed by atoms with Crippen LogP contribution in [0.5, 0.6) is 0 Å². The van der Waals surface area contributed by atoms with Crippen LogP contribution in [0.1, 0.15) is 32.7 Å². The second-order valence-corrected chi connectivity index (χ2v) is 6.19. The second kappa shape index (κ2) is 8.25. The van der Waals surface area contributed by atoms with Crippen molar-refractivity contribution < 1.29 is 4.79 Å². The molecule has 0 fully saturated rings. The quantitative estimate of drug-likeness (QED) is 0.715. The third kappa shape index (κ3) is 4.45. The lowest BCUT2D eigenvalue weighted by molar-refractivity contribution is 0.0945. The zero-order chi connectivity index (χ0) is 18.4. The van der Waals surface area contributed by atoms with Gasteiger partial charge >= 0.3 is 0 Å². The summed E-state index contributed by atoms with van der Waals surface area (Å²) in [4.78, 5) is 12.2. The molecule has 2 aromatic carbocycles. The third-order valence-electron chi connectivity index (χ3n) is 4.32. The van der Waals surface area contributed by atoms with Gasteiger partial charge in [-0.15, -0.1) is 10.2 Å². The number of hydrogen-bond donors (Lipinski definition) is 2. The van der Waals surface area contributed by atoms with Crippen LogP contribution >= 0.6 is 0 Å². The minimum absolute atomic E-state index is 0.230. The molecule has 2 N–H and O–H groups in total. The number of hydrogen-bond acceptors (Lipinski definition) is 4. The summed E-state index contributed by atoms with van der Waals surface area (Å²) in [6, 6.07) is 19.6. The molecule has 0 aliphatic heterocycles. The first kappa shape index (κ1) is 17.6. The summed E-state index contributed by atoms with van der Waals surface area (Å²) < 4.78 is 0. The molecule has 0 saturated heterocycles. The van der Waals surface area contributed by atoms with Gasteiger partial charge in [-0.25, -0.2) is 0 Å². The van der Waals surface area contributed by atoms with Gasteiger partial charge < -0.3 is 10.6 Å². The smallest absolute Gasteiger partial charge is 0.272 e. The molecule has 26 heavy (non-hydrogen) atoms. The van der Waals surface area contributed by atoms with Gasteiger partial charge in [0.05, 0.1) is 0 Å². The topological polar surface area (TPSA) is 66.9 Å². The van der Waals surface area contributed by atoms with Crippen molar-refractivity contribution in [3.8, 4) is 0 Å². The fourth-order valence-corrected chi connectivity index (χ4v) is 2.62. The molecule has 0 atom stereocenters. The molecular formula is C21H22N4O. The van der Waals surface area contributed by atoms with Crippen LogP contribution in [0.4, 0.5) is 5.82 Å². The standard InChI is InChI=1S/C21H22N4O/c1-15-7-3-5-9-17(15)13-22-20-12-11-19(24-25-20)21(26)23-14-18-10-6-4-8-16(18)2/h3-12H,13-14H2,1-2H3,(H,22,25)(H,23,26). The molecule has 5 heteroatoms. The molecular weight excluding hydrogens is 324 g/mol. The zero-order valence-electron chi connectivity index (χ0n) is 15.0. The highest BCUT2D eigenvalue weighted by atomic mass is 16.1. The number of nitrogens with one attached hydrogen (secondary N) is 2. The zero-order valence-corrected chi connectivity index (χ0v) is 15.0. The number of anilines is 1. The summed E-state index contributed by atoms with van der Waals surface area (Å²) in [7, 11) is 0. The predicted octanol–water partition coefficient (Wildman–Crippen LogP) is 3.64. The molecule has 5 nitrogen and oxygen atoms in total. The van der Waals surface area contributed by atoms with E-state index in [1.54, 1.807) is 12.1 Å². The molecule has 1 aromatic heterocycles. The molecule has 3 rings (SSSR count). The van der Waals surface area contributed by atoms with Crippen molar-refractivity contribution in [3.05, 3.63) is 88.6 Å². The summed E-state index contributed by atoms with van der Waals surface area (Å²) in [5.41, 5.74) is 4.97. The van der Waals surface area contributed by atoms with E-state index in [0.29, 0.717) is 24.6 Å². The van der Waals surface area contributed by atoms with Gasteiger partial charge in [-0.2, -0.15) is 0 Å². The van der Waals surface area contributed by atoms with Gasteiger partial charge in [-0.1, -0.05) is 48.5 Å². The highest BCUT2D eigenvalue weighted by Gasteiger charge is 2.09. The Kier molecular flexibility index (Phi) is 5.59. The summed E-state index contributed by atoms with van der Waals surface area (Å²) >= 11 is 0. The number of amides is 1. The van der Waals surface area contributed by atoms with E-state index >= 15 is 0 Å². The molecule has 0 spiro atoms. The van der Waals surface area contributed by atoms with Crippen molar-refractivity contribution in [1.29, 1.82) is 0 Å². The molecule has 3 aromatic rings. The Morgan fingerprint density at radius 1 is 0.808 bits per heavy atom. The van der Waals surface area contributed by atoms with E-state index in [2.05, 4.69) is 39.9 Å². The normalized spacial score (nSPS) is 10.4. The number of carbonyl (C=O) groups excluding carboxylic acids is 1. The lowest BCUT2D eigenvalue weighted by Gasteiger charge is -2.09. The third-order valence-corrected chi connectivity index (χ3v) is 4.32. The maximum absolute atomic E-state index is 12.2. The lowest BCUT2D eigenvalue weighted by Crippen LogP contribution is -2.24. The van der Waals surface area contributed by atoms with Crippen LogP contribution in [-0.4, -0.2) is 16.1 Å². The monoisotopic (exact) mass is 346 g/mol. The van der Waals surface area contributed by atoms with Crippen LogP contribution in [0, 0.1) is 13.8 Å². The Balaban J connectivity index is 1.56. The molecule has 0 aliphatic rings. The second-order valence-electron chi connectivity index (χ2n) is 6.19. The van der Waals surface area contributed by atoms with Gasteiger partial charge in [-0.3, -0.25) is 4.79 Å². The van der Waals surface area contributed by atoms with E-state index in [1.807, 2.05) is 43.3 Å². The molecule has 0 unspecified atom stereocenters. The first-order valence-corrected chi connectivity index (χ1v) is 8.58. The first-order valence-electron chi connectivity index (χ1n) is 8.58. The maximum Gasteiger partial charge on any atom is 0.272 e. The van der Waals surface area contributed by atoms with Crippen LogP contribution in [0.25, 0.3) is 0 Å². The average molecular weight is 346 g/mol. The van der Waals surface area contributed by atoms with E-state index in [-0.39, 0.29) is 5.91 Å². The van der Waals surface area contributed by atoms with Crippen molar-refractivity contribution >= 4 is 11.7 Å². The first-order chi connectivity index (χ1) is 12.6. The van der Waals surface area contributed by atoms with E-state index < -0.39 is 0 Å². The molecule has 0 aliphatic carbocycles. The SMILES string of the molecule is Cc1ccccc1CNC(=O)c1ccc(NCc2ccccc2C)nn1. The number of benzene rings is 2. The minimum atomic E-state index is -0.230. The molecule has 0 bridgehead atoms. The largest absolute Gasteiger partial charge is 0.364 e. The van der Waals surface area contributed by atoms with Crippen molar-refractivity contribution in [2.24, 2.45) is 0 Å². The predicted molar refractivity (Wildman–Crippen MR) is 103 cm³/mol. The number of carbonyl (C=O) groups is 1. The van der Waals surface area contributed by atoms with Gasteiger partial charge in [0.1, 0.15) is 5.82 Å². The molecule has 1 heterocycles. The highest BCUT2D eigenvalue weighted by Crippen LogP contribution is 2.10. The van der Waals surface area contributed by atoms with E-state index in [0.717, 1.165) is 11.1 Å². The highest BCUT2D eigenvalue weighted by molar-refractivity contribution is 5.92. The summed E-state index contributed by atoms with van der Waals surface area (Å²) in [5, 5.41) is 14.2. The molecule has 0 saturated carbocycles. The van der Waals surface area contributed by atoms with E-state index in [9.17, 15) is 4.79 Å². The Morgan fingerprint density at radius 2 is 1.42 bits per heavy atom. The van der Waals surface area contributed by atoms with Crippen LogP contribution in [0.2, 0.25) is 0 Å². The van der Waals surface area contributed by atoms with Gasteiger partial charge in [-0.05, 0) is 48.2 Å². The average Bonchev–Trinajstić information content (AvgIpc) is 2.67. The molecule has 132 valence electrons. The Labute approximate surface area is 153 Å². The van der Waals surface area contributed by atoms with E-state index in [4.69, 9.17) is 0 Å². The lowest BCUT2D eigenvalue weighted by atomic mass is 10.1. The fourth-order valence-electron chi connectivity index (χ4n) is 2.62. The van der Waals surface area contributed by atoms with Gasteiger partial charge in [0.15, 0.2) is 5.69 Å². The maximum atomic E-state index is 12.2.